The number of rotatable bonds is 36. The summed E-state index contributed by atoms with van der Waals surface area (Å²) in [5, 5.41) is 10.5. The highest BCUT2D eigenvalue weighted by molar-refractivity contribution is 5.42. The molecule has 0 atom stereocenters. The second-order valence-corrected chi connectivity index (χ2v) is 13.6. The number of nitrogens with zero attached hydrogens (tertiary/aromatic N) is 3. The highest BCUT2D eigenvalue weighted by Gasteiger charge is 2.07. The smallest absolute Gasteiger partial charge is 0.229 e. The molecule has 0 amide bonds. The van der Waals surface area contributed by atoms with E-state index in [9.17, 15) is 0 Å². The third-order valence-electron chi connectivity index (χ3n) is 9.08. The van der Waals surface area contributed by atoms with Gasteiger partial charge in [0.15, 0.2) is 0 Å². The Balaban J connectivity index is 2.33. The van der Waals surface area contributed by atoms with Crippen molar-refractivity contribution in [2.24, 2.45) is 0 Å². The summed E-state index contributed by atoms with van der Waals surface area (Å²) in [6, 6.07) is 0. The highest BCUT2D eigenvalue weighted by atomic mass is 15.3. The Labute approximate surface area is 281 Å². The number of nitrogens with one attached hydrogen (secondary N) is 3. The maximum atomic E-state index is 4.72. The zero-order chi connectivity index (χ0) is 32.3. The van der Waals surface area contributed by atoms with Crippen LogP contribution in [-0.4, -0.2) is 34.6 Å². The molecule has 0 unspecified atom stereocenters. The van der Waals surface area contributed by atoms with Crippen molar-refractivity contribution in [1.82, 2.24) is 15.0 Å². The van der Waals surface area contributed by atoms with Crippen LogP contribution in [0.2, 0.25) is 0 Å². The summed E-state index contributed by atoms with van der Waals surface area (Å²) < 4.78 is 0. The molecule has 0 aliphatic carbocycles. The molecule has 0 spiro atoms. The standard InChI is InChI=1S/C39H78N6/c1-4-7-10-13-16-19-22-25-28-31-34-40-37-43-38(41-35-32-29-26-23-20-17-14-11-8-5-2)45-39(44-37)42-36-33-30-27-24-21-18-15-12-9-6-3/h4-36H2,1-3H3,(H3,40,41,42,43,44,45). The average Bonchev–Trinajstić information content (AvgIpc) is 3.05. The van der Waals surface area contributed by atoms with Gasteiger partial charge in [0.2, 0.25) is 17.8 Å². The number of aromatic nitrogens is 3. The molecule has 1 aromatic heterocycles. The van der Waals surface area contributed by atoms with Crippen molar-refractivity contribution in [3.05, 3.63) is 0 Å². The maximum absolute atomic E-state index is 4.72. The first-order chi connectivity index (χ1) is 22.3. The lowest BCUT2D eigenvalue weighted by atomic mass is 10.1. The number of hydrogen-bond acceptors (Lipinski definition) is 6. The van der Waals surface area contributed by atoms with Crippen molar-refractivity contribution in [3.63, 3.8) is 0 Å². The first kappa shape index (κ1) is 41.4. The van der Waals surface area contributed by atoms with E-state index in [1.165, 1.54) is 193 Å². The van der Waals surface area contributed by atoms with E-state index in [2.05, 4.69) is 36.7 Å². The second kappa shape index (κ2) is 33.8. The largest absolute Gasteiger partial charge is 0.354 e. The molecule has 0 fully saturated rings. The van der Waals surface area contributed by atoms with E-state index in [0.717, 1.165) is 19.6 Å². The Hall–Kier alpha value is -1.59. The van der Waals surface area contributed by atoms with Crippen LogP contribution in [0.15, 0.2) is 0 Å². The quantitative estimate of drug-likeness (QED) is 0.0640. The normalized spacial score (nSPS) is 11.3. The first-order valence-corrected chi connectivity index (χ1v) is 20.3. The van der Waals surface area contributed by atoms with Gasteiger partial charge in [0.1, 0.15) is 0 Å². The van der Waals surface area contributed by atoms with E-state index >= 15 is 0 Å². The van der Waals surface area contributed by atoms with Crippen molar-refractivity contribution < 1.29 is 0 Å². The second-order valence-electron chi connectivity index (χ2n) is 13.6. The molecule has 45 heavy (non-hydrogen) atoms. The Morgan fingerprint density at radius 1 is 0.267 bits per heavy atom. The van der Waals surface area contributed by atoms with Gasteiger partial charge in [-0.2, -0.15) is 15.0 Å². The van der Waals surface area contributed by atoms with Crippen molar-refractivity contribution in [2.45, 2.75) is 213 Å². The van der Waals surface area contributed by atoms with Crippen LogP contribution in [0.25, 0.3) is 0 Å². The van der Waals surface area contributed by atoms with Gasteiger partial charge in [0.25, 0.3) is 0 Å². The molecule has 0 aromatic carbocycles. The van der Waals surface area contributed by atoms with E-state index in [1.54, 1.807) is 0 Å². The predicted molar refractivity (Wildman–Crippen MR) is 201 cm³/mol. The summed E-state index contributed by atoms with van der Waals surface area (Å²) in [5.74, 6) is 2.12. The zero-order valence-corrected chi connectivity index (χ0v) is 30.7. The fourth-order valence-corrected chi connectivity index (χ4v) is 6.05. The van der Waals surface area contributed by atoms with Gasteiger partial charge in [-0.25, -0.2) is 0 Å². The summed E-state index contributed by atoms with van der Waals surface area (Å²) in [6.07, 6.45) is 40.6. The fraction of sp³-hybridized carbons (Fsp3) is 0.923. The van der Waals surface area contributed by atoms with Crippen molar-refractivity contribution >= 4 is 17.8 Å². The minimum atomic E-state index is 0.706. The number of anilines is 3. The molecule has 1 rings (SSSR count). The van der Waals surface area contributed by atoms with Crippen molar-refractivity contribution in [2.75, 3.05) is 35.6 Å². The van der Waals surface area contributed by atoms with Crippen LogP contribution in [0.3, 0.4) is 0 Å². The molecule has 0 aliphatic rings. The van der Waals surface area contributed by atoms with Crippen LogP contribution in [0, 0.1) is 0 Å². The fourth-order valence-electron chi connectivity index (χ4n) is 6.05. The summed E-state index contributed by atoms with van der Waals surface area (Å²) in [7, 11) is 0. The molecule has 6 nitrogen and oxygen atoms in total. The van der Waals surface area contributed by atoms with Gasteiger partial charge in [0, 0.05) is 19.6 Å². The average molecular weight is 631 g/mol. The SMILES string of the molecule is CCCCCCCCCCCCNc1nc(NCCCCCCCCCCCC)nc(NCCCCCCCCCCCC)n1. The van der Waals surface area contributed by atoms with Crippen molar-refractivity contribution in [1.29, 1.82) is 0 Å². The van der Waals surface area contributed by atoms with Gasteiger partial charge < -0.3 is 16.0 Å². The summed E-state index contributed by atoms with van der Waals surface area (Å²) in [5.41, 5.74) is 0. The van der Waals surface area contributed by atoms with Crippen LogP contribution < -0.4 is 16.0 Å². The first-order valence-electron chi connectivity index (χ1n) is 20.3. The summed E-state index contributed by atoms with van der Waals surface area (Å²) in [6.45, 7) is 9.65. The lowest BCUT2D eigenvalue weighted by Crippen LogP contribution is -2.14. The summed E-state index contributed by atoms with van der Waals surface area (Å²) in [4.78, 5) is 14.2. The zero-order valence-electron chi connectivity index (χ0n) is 30.7. The van der Waals surface area contributed by atoms with Gasteiger partial charge in [0.05, 0.1) is 0 Å². The Morgan fingerprint density at radius 3 is 0.644 bits per heavy atom. The molecule has 3 N–H and O–H groups in total. The van der Waals surface area contributed by atoms with Crippen LogP contribution in [-0.2, 0) is 0 Å². The predicted octanol–water partition coefficient (Wildman–Crippen LogP) is 12.9. The van der Waals surface area contributed by atoms with Crippen molar-refractivity contribution in [3.8, 4) is 0 Å². The number of unbranched alkanes of at least 4 members (excludes halogenated alkanes) is 27. The van der Waals surface area contributed by atoms with Crippen LogP contribution >= 0.6 is 0 Å². The van der Waals surface area contributed by atoms with Gasteiger partial charge in [-0.1, -0.05) is 194 Å². The van der Waals surface area contributed by atoms with Gasteiger partial charge in [-0.15, -0.1) is 0 Å². The molecule has 0 saturated carbocycles. The molecule has 0 saturated heterocycles. The molecule has 1 aromatic rings. The molecular weight excluding hydrogens is 552 g/mol. The third kappa shape index (κ3) is 28.4. The van der Waals surface area contributed by atoms with E-state index < -0.39 is 0 Å². The Kier molecular flexibility index (Phi) is 31.1. The lowest BCUT2D eigenvalue weighted by Gasteiger charge is -2.11. The van der Waals surface area contributed by atoms with Gasteiger partial charge >= 0.3 is 0 Å². The third-order valence-corrected chi connectivity index (χ3v) is 9.08. The van der Waals surface area contributed by atoms with Gasteiger partial charge in [-0.05, 0) is 19.3 Å². The molecule has 264 valence electrons. The van der Waals surface area contributed by atoms with E-state index in [-0.39, 0.29) is 0 Å². The Bertz CT molecular complexity index is 620. The molecule has 6 heteroatoms. The molecular formula is C39H78N6. The van der Waals surface area contributed by atoms with E-state index in [4.69, 9.17) is 15.0 Å². The minimum absolute atomic E-state index is 0.706. The van der Waals surface area contributed by atoms with E-state index in [1.807, 2.05) is 0 Å². The van der Waals surface area contributed by atoms with Gasteiger partial charge in [-0.3, -0.25) is 0 Å². The van der Waals surface area contributed by atoms with Crippen LogP contribution in [0.1, 0.15) is 213 Å². The lowest BCUT2D eigenvalue weighted by molar-refractivity contribution is 0.559. The van der Waals surface area contributed by atoms with Crippen LogP contribution in [0.4, 0.5) is 17.8 Å². The molecule has 0 radical (unpaired) electrons. The van der Waals surface area contributed by atoms with Crippen LogP contribution in [0.5, 0.6) is 0 Å². The molecule has 1 heterocycles. The van der Waals surface area contributed by atoms with E-state index in [0.29, 0.717) is 17.8 Å². The highest BCUT2D eigenvalue weighted by Crippen LogP contribution is 2.15. The maximum Gasteiger partial charge on any atom is 0.229 e. The monoisotopic (exact) mass is 631 g/mol. The minimum Gasteiger partial charge on any atom is -0.354 e. The Morgan fingerprint density at radius 2 is 0.444 bits per heavy atom. The molecule has 0 aliphatic heterocycles. The number of hydrogen-bond donors (Lipinski definition) is 3. The summed E-state index contributed by atoms with van der Waals surface area (Å²) >= 11 is 0. The molecule has 0 bridgehead atoms. The topological polar surface area (TPSA) is 74.8 Å².